The summed E-state index contributed by atoms with van der Waals surface area (Å²) in [4.78, 5) is 17.7. The fourth-order valence-electron chi connectivity index (χ4n) is 3.61. The molecule has 0 aliphatic rings. The molecule has 5 rings (SSSR count). The number of carbonyl (C=O) groups is 1. The van der Waals surface area contributed by atoms with E-state index in [1.165, 1.54) is 0 Å². The van der Waals surface area contributed by atoms with Gasteiger partial charge in [0.2, 0.25) is 0 Å². The van der Waals surface area contributed by atoms with Crippen LogP contribution in [0.3, 0.4) is 0 Å². The van der Waals surface area contributed by atoms with E-state index in [-0.39, 0.29) is 0 Å². The molecule has 0 amide bonds. The van der Waals surface area contributed by atoms with Crippen molar-refractivity contribution in [3.05, 3.63) is 132 Å². The first-order chi connectivity index (χ1) is 15.8. The first-order valence-electron chi connectivity index (χ1n) is 10.4. The Bertz CT molecular complexity index is 1390. The summed E-state index contributed by atoms with van der Waals surface area (Å²) in [5.74, 6) is 0.701. The molecule has 4 aromatic carbocycles. The third-order valence-corrected chi connectivity index (χ3v) is 5.13. The van der Waals surface area contributed by atoms with E-state index < -0.39 is 5.97 Å². The number of ether oxygens (including phenoxy) is 1. The smallest absolute Gasteiger partial charge is 0.343 e. The Hall–Kier alpha value is -4.44. The zero-order chi connectivity index (χ0) is 21.8. The van der Waals surface area contributed by atoms with Gasteiger partial charge in [0.25, 0.3) is 0 Å². The average Bonchev–Trinajstić information content (AvgIpc) is 3.23. The second kappa shape index (κ2) is 8.74. The van der Waals surface area contributed by atoms with Crippen molar-refractivity contribution < 1.29 is 9.53 Å². The van der Waals surface area contributed by atoms with Gasteiger partial charge in [-0.25, -0.2) is 9.78 Å². The van der Waals surface area contributed by atoms with Gasteiger partial charge in [-0.15, -0.1) is 0 Å². The van der Waals surface area contributed by atoms with Crippen LogP contribution in [0.5, 0.6) is 0 Å². The molecule has 32 heavy (non-hydrogen) atoms. The molecule has 0 saturated carbocycles. The predicted octanol–water partition coefficient (Wildman–Crippen LogP) is 6.38. The molecule has 1 heterocycles. The number of benzene rings is 4. The summed E-state index contributed by atoms with van der Waals surface area (Å²) < 4.78 is 7.95. The Balaban J connectivity index is 1.66. The van der Waals surface area contributed by atoms with E-state index in [1.54, 1.807) is 12.1 Å². The van der Waals surface area contributed by atoms with Crippen molar-refractivity contribution >= 4 is 28.8 Å². The zero-order valence-electron chi connectivity index (χ0n) is 17.3. The Labute approximate surface area is 186 Å². The lowest BCUT2D eigenvalue weighted by Gasteiger charge is -2.11. The highest BCUT2D eigenvalue weighted by molar-refractivity contribution is 5.95. The van der Waals surface area contributed by atoms with E-state index in [0.717, 1.165) is 22.3 Å². The van der Waals surface area contributed by atoms with E-state index in [1.807, 2.05) is 109 Å². The highest BCUT2D eigenvalue weighted by atomic mass is 16.5. The molecule has 0 fully saturated rings. The molecule has 1 aromatic heterocycles. The lowest BCUT2D eigenvalue weighted by molar-refractivity contribution is 0.0693. The fourth-order valence-corrected chi connectivity index (χ4v) is 3.61. The molecule has 0 aliphatic carbocycles. The van der Waals surface area contributed by atoms with Crippen molar-refractivity contribution in [3.63, 3.8) is 0 Å². The maximum absolute atomic E-state index is 12.9. The van der Waals surface area contributed by atoms with Gasteiger partial charge < -0.3 is 4.74 Å². The van der Waals surface area contributed by atoms with Crippen LogP contribution >= 0.6 is 0 Å². The van der Waals surface area contributed by atoms with Gasteiger partial charge in [0.15, 0.2) is 0 Å². The van der Waals surface area contributed by atoms with Gasteiger partial charge in [-0.3, -0.25) is 4.57 Å². The molecule has 0 unspecified atom stereocenters. The Kier molecular flexibility index (Phi) is 5.33. The number of nitrogens with zero attached hydrogens (tertiary/aromatic N) is 2. The molecule has 0 aliphatic heterocycles. The van der Waals surface area contributed by atoms with Crippen LogP contribution in [0.25, 0.3) is 28.6 Å². The minimum atomic E-state index is -0.414. The molecule has 0 atom stereocenters. The van der Waals surface area contributed by atoms with E-state index >= 15 is 0 Å². The maximum Gasteiger partial charge on any atom is 0.343 e. The van der Waals surface area contributed by atoms with Crippen LogP contribution in [0.15, 0.2) is 115 Å². The third-order valence-electron chi connectivity index (χ3n) is 5.13. The Morgan fingerprint density at radius 1 is 0.688 bits per heavy atom. The largest absolute Gasteiger partial charge is 0.422 e. The third kappa shape index (κ3) is 3.94. The van der Waals surface area contributed by atoms with Crippen molar-refractivity contribution in [1.29, 1.82) is 0 Å². The number of hydrogen-bond acceptors (Lipinski definition) is 3. The number of rotatable bonds is 5. The van der Waals surface area contributed by atoms with Gasteiger partial charge in [0.1, 0.15) is 11.6 Å². The Morgan fingerprint density at radius 2 is 1.25 bits per heavy atom. The topological polar surface area (TPSA) is 44.1 Å². The van der Waals surface area contributed by atoms with Crippen LogP contribution in [-0.2, 0) is 4.74 Å². The van der Waals surface area contributed by atoms with Gasteiger partial charge >= 0.3 is 5.97 Å². The van der Waals surface area contributed by atoms with Crippen LogP contribution in [-0.4, -0.2) is 15.5 Å². The molecule has 0 spiro atoms. The SMILES string of the molecule is O=C(O/C(=C\c1nc2ccccc2n1-c1ccccc1)c1ccccc1)c1ccccc1. The number of esters is 1. The number of para-hydroxylation sites is 3. The number of imidazole rings is 1. The van der Waals surface area contributed by atoms with Gasteiger partial charge in [-0.05, 0) is 36.4 Å². The fraction of sp³-hybridized carbons (Fsp3) is 0. The van der Waals surface area contributed by atoms with Gasteiger partial charge in [0, 0.05) is 17.3 Å². The molecule has 0 saturated heterocycles. The Morgan fingerprint density at radius 3 is 1.94 bits per heavy atom. The molecular formula is C28H20N2O2. The molecule has 154 valence electrons. The molecule has 0 radical (unpaired) electrons. The molecular weight excluding hydrogens is 396 g/mol. The van der Waals surface area contributed by atoms with Crippen LogP contribution in [0.4, 0.5) is 0 Å². The highest BCUT2D eigenvalue weighted by Gasteiger charge is 2.16. The van der Waals surface area contributed by atoms with Gasteiger partial charge in [-0.2, -0.15) is 0 Å². The van der Waals surface area contributed by atoms with Crippen LogP contribution in [0, 0.1) is 0 Å². The van der Waals surface area contributed by atoms with Crippen molar-refractivity contribution in [2.75, 3.05) is 0 Å². The summed E-state index contributed by atoms with van der Waals surface area (Å²) in [6.07, 6.45) is 1.82. The van der Waals surface area contributed by atoms with Gasteiger partial charge in [-0.1, -0.05) is 78.9 Å². The summed E-state index contributed by atoms with van der Waals surface area (Å²) in [5.41, 5.74) is 4.11. The molecule has 4 nitrogen and oxygen atoms in total. The monoisotopic (exact) mass is 416 g/mol. The standard InChI is InChI=1S/C28H20N2O2/c31-28(22-14-6-2-7-15-22)32-26(21-12-4-1-5-13-21)20-27-29-24-18-10-11-19-25(24)30(27)23-16-8-3-9-17-23/h1-20H/b26-20-. The van der Waals surface area contributed by atoms with E-state index in [2.05, 4.69) is 4.57 Å². The van der Waals surface area contributed by atoms with E-state index in [9.17, 15) is 4.79 Å². The van der Waals surface area contributed by atoms with Crippen molar-refractivity contribution in [3.8, 4) is 5.69 Å². The number of carbonyl (C=O) groups excluding carboxylic acids is 1. The average molecular weight is 416 g/mol. The molecule has 0 bridgehead atoms. The van der Waals surface area contributed by atoms with Crippen LogP contribution in [0.1, 0.15) is 21.7 Å². The van der Waals surface area contributed by atoms with Crippen molar-refractivity contribution in [2.45, 2.75) is 0 Å². The first kappa shape index (κ1) is 19.5. The predicted molar refractivity (Wildman–Crippen MR) is 127 cm³/mol. The van der Waals surface area contributed by atoms with E-state index in [4.69, 9.17) is 9.72 Å². The van der Waals surface area contributed by atoms with Crippen LogP contribution in [0.2, 0.25) is 0 Å². The summed E-state index contributed by atoms with van der Waals surface area (Å²) in [6.45, 7) is 0. The highest BCUT2D eigenvalue weighted by Crippen LogP contribution is 2.26. The number of fused-ring (bicyclic) bond motifs is 1. The second-order valence-corrected chi connectivity index (χ2v) is 7.26. The zero-order valence-corrected chi connectivity index (χ0v) is 17.3. The van der Waals surface area contributed by atoms with Crippen LogP contribution < -0.4 is 0 Å². The minimum Gasteiger partial charge on any atom is -0.422 e. The lowest BCUT2D eigenvalue weighted by atomic mass is 10.1. The number of aromatic nitrogens is 2. The van der Waals surface area contributed by atoms with Crippen molar-refractivity contribution in [2.24, 2.45) is 0 Å². The quantitative estimate of drug-likeness (QED) is 0.247. The van der Waals surface area contributed by atoms with Gasteiger partial charge in [0.05, 0.1) is 16.6 Å². The lowest BCUT2D eigenvalue weighted by Crippen LogP contribution is -2.05. The normalized spacial score (nSPS) is 11.4. The van der Waals surface area contributed by atoms with E-state index in [0.29, 0.717) is 17.1 Å². The second-order valence-electron chi connectivity index (χ2n) is 7.26. The maximum atomic E-state index is 12.9. The molecule has 5 aromatic rings. The summed E-state index contributed by atoms with van der Waals surface area (Å²) in [6, 6.07) is 36.6. The summed E-state index contributed by atoms with van der Waals surface area (Å²) in [5, 5.41) is 0. The summed E-state index contributed by atoms with van der Waals surface area (Å²) >= 11 is 0. The minimum absolute atomic E-state index is 0.414. The molecule has 4 heteroatoms. The first-order valence-corrected chi connectivity index (χ1v) is 10.4. The van der Waals surface area contributed by atoms with Crippen molar-refractivity contribution in [1.82, 2.24) is 9.55 Å². The summed E-state index contributed by atoms with van der Waals surface area (Å²) in [7, 11) is 0. The number of hydrogen-bond donors (Lipinski definition) is 0. The molecule has 0 N–H and O–H groups in total.